The molecule has 1 heterocycles. The van der Waals surface area contributed by atoms with E-state index in [0.717, 1.165) is 34.4 Å². The molecule has 7 heteroatoms. The number of aromatic amines is 1. The first-order chi connectivity index (χ1) is 17.0. The number of aromatic nitrogens is 2. The molecule has 0 fully saturated rings. The van der Waals surface area contributed by atoms with Gasteiger partial charge in [-0.1, -0.05) is 61.5 Å². The van der Waals surface area contributed by atoms with E-state index in [9.17, 15) is 9.59 Å². The van der Waals surface area contributed by atoms with Crippen molar-refractivity contribution in [2.24, 2.45) is 11.5 Å². The first-order valence-corrected chi connectivity index (χ1v) is 11.6. The van der Waals surface area contributed by atoms with Gasteiger partial charge in [-0.05, 0) is 53.3 Å². The molecule has 0 saturated carbocycles. The van der Waals surface area contributed by atoms with Crippen LogP contribution in [0.1, 0.15) is 56.2 Å². The van der Waals surface area contributed by atoms with Crippen LogP contribution in [0.15, 0.2) is 79.0 Å². The molecule has 178 valence electrons. The summed E-state index contributed by atoms with van der Waals surface area (Å²) < 4.78 is 0. The van der Waals surface area contributed by atoms with E-state index in [1.54, 1.807) is 18.3 Å². The predicted octanol–water partition coefficient (Wildman–Crippen LogP) is 3.91. The molecule has 0 aliphatic rings. The molecular formula is C28H29N5O2. The molecule has 3 aromatic carbocycles. The number of aryl methyl sites for hydroxylation is 1. The van der Waals surface area contributed by atoms with Crippen molar-refractivity contribution >= 4 is 11.8 Å². The summed E-state index contributed by atoms with van der Waals surface area (Å²) in [5.41, 5.74) is 16.9. The Balaban J connectivity index is 1.63. The van der Waals surface area contributed by atoms with E-state index in [4.69, 9.17) is 11.5 Å². The summed E-state index contributed by atoms with van der Waals surface area (Å²) in [5.74, 6) is 0.0151. The number of hydrogen-bond acceptors (Lipinski definition) is 4. The van der Waals surface area contributed by atoms with Crippen molar-refractivity contribution in [3.05, 3.63) is 113 Å². The molecule has 0 spiro atoms. The molecule has 0 aliphatic heterocycles. The summed E-state index contributed by atoms with van der Waals surface area (Å²) >= 11 is 0. The highest BCUT2D eigenvalue weighted by molar-refractivity contribution is 5.96. The molecule has 6 N–H and O–H groups in total. The lowest BCUT2D eigenvalue weighted by Gasteiger charge is -2.19. The van der Waals surface area contributed by atoms with E-state index >= 15 is 0 Å². The van der Waals surface area contributed by atoms with E-state index in [-0.39, 0.29) is 11.9 Å². The van der Waals surface area contributed by atoms with Crippen molar-refractivity contribution in [1.29, 1.82) is 0 Å². The van der Waals surface area contributed by atoms with Crippen molar-refractivity contribution in [2.75, 3.05) is 0 Å². The number of benzene rings is 3. The number of carbonyl (C=O) groups excluding carboxylic acids is 2. The van der Waals surface area contributed by atoms with Gasteiger partial charge in [0.05, 0.1) is 17.9 Å². The number of H-pyrrole nitrogens is 1. The lowest BCUT2D eigenvalue weighted by molar-refractivity contribution is 0.0933. The summed E-state index contributed by atoms with van der Waals surface area (Å²) in [7, 11) is 0. The quantitative estimate of drug-likeness (QED) is 0.298. The van der Waals surface area contributed by atoms with Gasteiger partial charge < -0.3 is 21.8 Å². The van der Waals surface area contributed by atoms with E-state index in [1.807, 2.05) is 67.6 Å². The number of hydrogen-bond donors (Lipinski definition) is 4. The molecule has 2 amide bonds. The number of nitrogens with two attached hydrogens (primary N) is 2. The van der Waals surface area contributed by atoms with Gasteiger partial charge in [0.25, 0.3) is 5.91 Å². The molecule has 7 nitrogen and oxygen atoms in total. The van der Waals surface area contributed by atoms with Gasteiger partial charge >= 0.3 is 0 Å². The number of nitrogens with zero attached hydrogens (tertiary/aromatic N) is 1. The Hall–Kier alpha value is -4.23. The summed E-state index contributed by atoms with van der Waals surface area (Å²) in [6, 6.07) is 22.3. The van der Waals surface area contributed by atoms with Crippen LogP contribution in [-0.2, 0) is 19.4 Å². The molecule has 0 aliphatic carbocycles. The monoisotopic (exact) mass is 467 g/mol. The van der Waals surface area contributed by atoms with Crippen LogP contribution >= 0.6 is 0 Å². The maximum absolute atomic E-state index is 13.3. The topological polar surface area (TPSA) is 127 Å². The summed E-state index contributed by atoms with van der Waals surface area (Å²) in [5, 5.41) is 3.17. The number of rotatable bonds is 9. The van der Waals surface area contributed by atoms with Crippen LogP contribution in [0.25, 0.3) is 11.3 Å². The standard InChI is InChI=1S/C28H29N5O2/c1-2-20-14-19(16-29)8-13-23(20)28(35)33-24(15-18-6-4-3-5-7-18)27-31-17-25(32-27)21-9-11-22(12-10-21)26(30)34/h3-14,17,24H,2,15-16,29H2,1H3,(H2,30,34)(H,31,32)(H,33,35)/t24-/m0/s1. The predicted molar refractivity (Wildman–Crippen MR) is 137 cm³/mol. The zero-order chi connectivity index (χ0) is 24.8. The molecule has 1 atom stereocenters. The fourth-order valence-corrected chi connectivity index (χ4v) is 4.06. The van der Waals surface area contributed by atoms with Crippen LogP contribution in [0.5, 0.6) is 0 Å². The third kappa shape index (κ3) is 5.65. The van der Waals surface area contributed by atoms with Gasteiger partial charge in [0.15, 0.2) is 0 Å². The highest BCUT2D eigenvalue weighted by Gasteiger charge is 2.21. The van der Waals surface area contributed by atoms with Crippen LogP contribution < -0.4 is 16.8 Å². The normalized spacial score (nSPS) is 11.7. The Morgan fingerprint density at radius 2 is 1.74 bits per heavy atom. The number of imidazole rings is 1. The molecule has 0 bridgehead atoms. The number of amides is 2. The van der Waals surface area contributed by atoms with Crippen molar-refractivity contribution in [1.82, 2.24) is 15.3 Å². The van der Waals surface area contributed by atoms with Crippen LogP contribution in [0, 0.1) is 0 Å². The molecule has 1 aromatic heterocycles. The van der Waals surface area contributed by atoms with Crippen LogP contribution in [0.4, 0.5) is 0 Å². The smallest absolute Gasteiger partial charge is 0.252 e. The average Bonchev–Trinajstić information content (AvgIpc) is 3.39. The Kier molecular flexibility index (Phi) is 7.38. The molecular weight excluding hydrogens is 438 g/mol. The number of carbonyl (C=O) groups is 2. The molecule has 4 aromatic rings. The van der Waals surface area contributed by atoms with E-state index in [1.165, 1.54) is 0 Å². The van der Waals surface area contributed by atoms with Crippen molar-refractivity contribution < 1.29 is 9.59 Å². The Morgan fingerprint density at radius 1 is 1.00 bits per heavy atom. The van der Waals surface area contributed by atoms with Crippen molar-refractivity contribution in [3.8, 4) is 11.3 Å². The lowest BCUT2D eigenvalue weighted by atomic mass is 10.00. The van der Waals surface area contributed by atoms with Gasteiger partial charge in [-0.25, -0.2) is 4.98 Å². The lowest BCUT2D eigenvalue weighted by Crippen LogP contribution is -2.31. The molecule has 4 rings (SSSR count). The summed E-state index contributed by atoms with van der Waals surface area (Å²) in [4.78, 5) is 32.6. The third-order valence-corrected chi connectivity index (χ3v) is 6.02. The van der Waals surface area contributed by atoms with Crippen molar-refractivity contribution in [3.63, 3.8) is 0 Å². The van der Waals surface area contributed by atoms with E-state index in [2.05, 4.69) is 15.3 Å². The highest BCUT2D eigenvalue weighted by atomic mass is 16.2. The van der Waals surface area contributed by atoms with Gasteiger partial charge in [0.2, 0.25) is 5.91 Å². The van der Waals surface area contributed by atoms with Crippen LogP contribution in [-0.4, -0.2) is 21.8 Å². The Morgan fingerprint density at radius 3 is 2.40 bits per heavy atom. The average molecular weight is 468 g/mol. The minimum atomic E-state index is -0.474. The fourth-order valence-electron chi connectivity index (χ4n) is 4.06. The minimum absolute atomic E-state index is 0.157. The van der Waals surface area contributed by atoms with Gasteiger partial charge in [0, 0.05) is 17.7 Å². The van der Waals surface area contributed by atoms with Gasteiger partial charge in [-0.2, -0.15) is 0 Å². The Labute approximate surface area is 204 Å². The van der Waals surface area contributed by atoms with Crippen molar-refractivity contribution in [2.45, 2.75) is 32.4 Å². The van der Waals surface area contributed by atoms with Gasteiger partial charge in [-0.3, -0.25) is 9.59 Å². The number of primary amides is 1. The largest absolute Gasteiger partial charge is 0.366 e. The zero-order valence-electron chi connectivity index (χ0n) is 19.6. The highest BCUT2D eigenvalue weighted by Crippen LogP contribution is 2.23. The Bertz CT molecular complexity index is 1310. The van der Waals surface area contributed by atoms with Gasteiger partial charge in [0.1, 0.15) is 5.82 Å². The zero-order valence-corrected chi connectivity index (χ0v) is 19.6. The van der Waals surface area contributed by atoms with Crippen LogP contribution in [0.3, 0.4) is 0 Å². The summed E-state index contributed by atoms with van der Waals surface area (Å²) in [6.07, 6.45) is 3.03. The molecule has 0 unspecified atom stereocenters. The van der Waals surface area contributed by atoms with E-state index < -0.39 is 5.91 Å². The second-order valence-electron chi connectivity index (χ2n) is 8.39. The first-order valence-electron chi connectivity index (χ1n) is 11.6. The maximum atomic E-state index is 13.3. The van der Waals surface area contributed by atoms with Gasteiger partial charge in [-0.15, -0.1) is 0 Å². The van der Waals surface area contributed by atoms with E-state index in [0.29, 0.717) is 29.9 Å². The SMILES string of the molecule is CCc1cc(CN)ccc1C(=O)N[C@@H](Cc1ccccc1)c1ncc(-c2ccc(C(N)=O)cc2)[nH]1. The third-order valence-electron chi connectivity index (χ3n) is 6.02. The second-order valence-corrected chi connectivity index (χ2v) is 8.39. The fraction of sp³-hybridized carbons (Fsp3) is 0.179. The molecule has 0 radical (unpaired) electrons. The minimum Gasteiger partial charge on any atom is -0.366 e. The molecule has 35 heavy (non-hydrogen) atoms. The number of nitrogens with one attached hydrogen (secondary N) is 2. The molecule has 0 saturated heterocycles. The second kappa shape index (κ2) is 10.8. The summed E-state index contributed by atoms with van der Waals surface area (Å²) in [6.45, 7) is 2.46. The van der Waals surface area contributed by atoms with Crippen LogP contribution in [0.2, 0.25) is 0 Å². The first kappa shape index (κ1) is 23.9. The maximum Gasteiger partial charge on any atom is 0.252 e.